The van der Waals surface area contributed by atoms with Crippen molar-refractivity contribution >= 4 is 33.2 Å². The fraction of sp³-hybridized carbons (Fsp3) is 0.545. The van der Waals surface area contributed by atoms with Crippen LogP contribution < -0.4 is 11.1 Å². The van der Waals surface area contributed by atoms with Crippen LogP contribution in [-0.2, 0) is 11.3 Å². The Morgan fingerprint density at radius 1 is 1.71 bits per heavy atom. The molecule has 1 unspecified atom stereocenters. The molecule has 0 aromatic carbocycles. The zero-order chi connectivity index (χ0) is 12.8. The van der Waals surface area contributed by atoms with Gasteiger partial charge in [-0.2, -0.15) is 0 Å². The number of rotatable bonds is 6. The summed E-state index contributed by atoms with van der Waals surface area (Å²) < 4.78 is 1.10. The molecule has 0 aliphatic carbocycles. The third-order valence-electron chi connectivity index (χ3n) is 2.62. The van der Waals surface area contributed by atoms with Crippen molar-refractivity contribution in [3.8, 4) is 0 Å². The van der Waals surface area contributed by atoms with Crippen LogP contribution in [0, 0.1) is 0 Å². The van der Waals surface area contributed by atoms with Gasteiger partial charge in [0.25, 0.3) is 0 Å². The molecule has 96 valence electrons. The van der Waals surface area contributed by atoms with E-state index in [4.69, 9.17) is 5.73 Å². The third-order valence-corrected chi connectivity index (χ3v) is 4.30. The molecule has 0 aliphatic rings. The zero-order valence-electron chi connectivity index (χ0n) is 10.1. The molecule has 0 spiro atoms. The number of carbonyl (C=O) groups excluding carboxylic acids is 1. The van der Waals surface area contributed by atoms with Crippen LogP contribution in [-0.4, -0.2) is 37.5 Å². The van der Waals surface area contributed by atoms with Crippen LogP contribution in [0.15, 0.2) is 15.9 Å². The lowest BCUT2D eigenvalue weighted by Gasteiger charge is -2.25. The average molecular weight is 320 g/mol. The number of amides is 1. The van der Waals surface area contributed by atoms with Gasteiger partial charge in [-0.3, -0.25) is 9.69 Å². The smallest absolute Gasteiger partial charge is 0.221 e. The molecular weight excluding hydrogens is 302 g/mol. The topological polar surface area (TPSA) is 58.4 Å². The van der Waals surface area contributed by atoms with Gasteiger partial charge in [0, 0.05) is 47.3 Å². The van der Waals surface area contributed by atoms with E-state index in [0.717, 1.165) is 11.0 Å². The second kappa shape index (κ2) is 7.10. The van der Waals surface area contributed by atoms with Gasteiger partial charge >= 0.3 is 0 Å². The quantitative estimate of drug-likeness (QED) is 0.833. The molecule has 1 amide bonds. The lowest BCUT2D eigenvalue weighted by molar-refractivity contribution is -0.121. The molecule has 0 fully saturated rings. The fourth-order valence-electron chi connectivity index (χ4n) is 1.55. The van der Waals surface area contributed by atoms with Crippen molar-refractivity contribution in [3.63, 3.8) is 0 Å². The minimum absolute atomic E-state index is 0.0275. The molecule has 1 aromatic heterocycles. The number of hydrogen-bond acceptors (Lipinski definition) is 4. The molecule has 3 N–H and O–H groups in total. The summed E-state index contributed by atoms with van der Waals surface area (Å²) in [4.78, 5) is 14.7. The minimum Gasteiger partial charge on any atom is -0.359 e. The van der Waals surface area contributed by atoms with Crippen molar-refractivity contribution in [2.45, 2.75) is 19.0 Å². The molecule has 0 bridgehead atoms. The summed E-state index contributed by atoms with van der Waals surface area (Å²) in [5, 5.41) is 4.68. The van der Waals surface area contributed by atoms with Gasteiger partial charge in [-0.15, -0.1) is 11.3 Å². The van der Waals surface area contributed by atoms with Crippen molar-refractivity contribution in [2.24, 2.45) is 5.73 Å². The van der Waals surface area contributed by atoms with Crippen LogP contribution in [0.1, 0.15) is 11.3 Å². The van der Waals surface area contributed by atoms with E-state index in [-0.39, 0.29) is 11.9 Å². The number of halogens is 1. The van der Waals surface area contributed by atoms with Gasteiger partial charge < -0.3 is 11.1 Å². The Kier molecular flexibility index (Phi) is 6.11. The van der Waals surface area contributed by atoms with Crippen LogP contribution in [0.5, 0.6) is 0 Å². The van der Waals surface area contributed by atoms with Crippen LogP contribution in [0.25, 0.3) is 0 Å². The molecule has 0 saturated carbocycles. The second-order valence-electron chi connectivity index (χ2n) is 3.91. The van der Waals surface area contributed by atoms with Gasteiger partial charge in [0.1, 0.15) is 0 Å². The monoisotopic (exact) mass is 319 g/mol. The van der Waals surface area contributed by atoms with Crippen molar-refractivity contribution in [1.29, 1.82) is 0 Å². The van der Waals surface area contributed by atoms with E-state index >= 15 is 0 Å². The van der Waals surface area contributed by atoms with Crippen molar-refractivity contribution in [3.05, 3.63) is 20.8 Å². The van der Waals surface area contributed by atoms with Gasteiger partial charge in [-0.25, -0.2) is 0 Å². The minimum atomic E-state index is 0.0275. The Morgan fingerprint density at radius 3 is 2.88 bits per heavy atom. The van der Waals surface area contributed by atoms with Gasteiger partial charge in [-0.1, -0.05) is 0 Å². The fourth-order valence-corrected chi connectivity index (χ4v) is 3.06. The lowest BCUT2D eigenvalue weighted by Crippen LogP contribution is -2.40. The first-order valence-corrected chi connectivity index (χ1v) is 7.08. The Labute approximate surface area is 114 Å². The highest BCUT2D eigenvalue weighted by atomic mass is 79.9. The molecule has 0 radical (unpaired) electrons. The maximum atomic E-state index is 11.3. The van der Waals surface area contributed by atoms with Crippen LogP contribution in [0.2, 0.25) is 0 Å². The maximum absolute atomic E-state index is 11.3. The van der Waals surface area contributed by atoms with Gasteiger partial charge in [-0.05, 0) is 29.0 Å². The summed E-state index contributed by atoms with van der Waals surface area (Å²) in [7, 11) is 3.64. The largest absolute Gasteiger partial charge is 0.359 e. The summed E-state index contributed by atoms with van der Waals surface area (Å²) >= 11 is 5.13. The summed E-state index contributed by atoms with van der Waals surface area (Å²) in [5.41, 5.74) is 5.71. The molecule has 4 nitrogen and oxygen atoms in total. The van der Waals surface area contributed by atoms with E-state index in [1.165, 1.54) is 4.88 Å². The van der Waals surface area contributed by atoms with Crippen molar-refractivity contribution in [1.82, 2.24) is 10.2 Å². The Morgan fingerprint density at radius 2 is 2.41 bits per heavy atom. The number of likely N-dealkylation sites (N-methyl/N-ethyl adjacent to an activating group) is 1. The number of nitrogens with two attached hydrogens (primary N) is 1. The number of thiophene rings is 1. The highest BCUT2D eigenvalue weighted by Gasteiger charge is 2.17. The first-order chi connectivity index (χ1) is 8.06. The second-order valence-corrected chi connectivity index (χ2v) is 5.82. The van der Waals surface area contributed by atoms with E-state index in [1.54, 1.807) is 18.4 Å². The van der Waals surface area contributed by atoms with Gasteiger partial charge in [0.2, 0.25) is 5.91 Å². The highest BCUT2D eigenvalue weighted by molar-refractivity contribution is 9.10. The average Bonchev–Trinajstić information content (AvgIpc) is 2.70. The van der Waals surface area contributed by atoms with E-state index in [2.05, 4.69) is 37.6 Å². The highest BCUT2D eigenvalue weighted by Crippen LogP contribution is 2.21. The molecule has 6 heteroatoms. The maximum Gasteiger partial charge on any atom is 0.221 e. The molecule has 1 heterocycles. The van der Waals surface area contributed by atoms with E-state index in [1.807, 2.05) is 7.05 Å². The molecule has 1 atom stereocenters. The molecule has 1 rings (SSSR count). The number of nitrogens with zero attached hydrogens (tertiary/aromatic N) is 1. The summed E-state index contributed by atoms with van der Waals surface area (Å²) in [6.45, 7) is 1.30. The van der Waals surface area contributed by atoms with E-state index in [0.29, 0.717) is 13.0 Å². The lowest BCUT2D eigenvalue weighted by atomic mass is 10.1. The standard InChI is InChI=1S/C11H18BrN3OS/c1-14-11(16)4-9(5-13)15(2)6-10-3-8(12)7-17-10/h3,7,9H,4-6,13H2,1-2H3,(H,14,16). The third kappa shape index (κ3) is 4.75. The van der Waals surface area contributed by atoms with E-state index in [9.17, 15) is 4.79 Å². The van der Waals surface area contributed by atoms with Crippen molar-refractivity contribution < 1.29 is 4.79 Å². The molecule has 1 aromatic rings. The van der Waals surface area contributed by atoms with Gasteiger partial charge in [0.15, 0.2) is 0 Å². The summed E-state index contributed by atoms with van der Waals surface area (Å²) in [6, 6.07) is 2.17. The Bertz CT molecular complexity index is 369. The Balaban J connectivity index is 2.54. The first-order valence-electron chi connectivity index (χ1n) is 5.40. The zero-order valence-corrected chi connectivity index (χ0v) is 12.5. The number of hydrogen-bond donors (Lipinski definition) is 2. The molecule has 17 heavy (non-hydrogen) atoms. The normalized spacial score (nSPS) is 12.8. The van der Waals surface area contributed by atoms with Crippen molar-refractivity contribution in [2.75, 3.05) is 20.6 Å². The van der Waals surface area contributed by atoms with Gasteiger partial charge in [0.05, 0.1) is 0 Å². The predicted octanol–water partition coefficient (Wildman–Crippen LogP) is 1.41. The Hall–Kier alpha value is -0.430. The SMILES string of the molecule is CNC(=O)CC(CN)N(C)Cc1cc(Br)cs1. The molecular formula is C11H18BrN3OS. The summed E-state index contributed by atoms with van der Waals surface area (Å²) in [5.74, 6) is 0.0275. The first kappa shape index (κ1) is 14.6. The van der Waals surface area contributed by atoms with E-state index < -0.39 is 0 Å². The molecule has 0 saturated heterocycles. The number of carbonyl (C=O) groups is 1. The van der Waals surface area contributed by atoms with Crippen LogP contribution >= 0.6 is 27.3 Å². The number of nitrogens with one attached hydrogen (secondary N) is 1. The van der Waals surface area contributed by atoms with Crippen LogP contribution in [0.3, 0.4) is 0 Å². The predicted molar refractivity (Wildman–Crippen MR) is 75.0 cm³/mol. The summed E-state index contributed by atoms with van der Waals surface area (Å²) in [6.07, 6.45) is 0.441. The molecule has 0 aliphatic heterocycles. The van der Waals surface area contributed by atoms with Crippen LogP contribution in [0.4, 0.5) is 0 Å².